The molecule has 0 aliphatic rings. The lowest BCUT2D eigenvalue weighted by Crippen LogP contribution is -2.08. The molecular weight excluding hydrogens is 190 g/mol. The molecular formula is C12H19NS. The Morgan fingerprint density at radius 1 is 1.50 bits per heavy atom. The molecule has 0 spiro atoms. The van der Waals surface area contributed by atoms with Gasteiger partial charge in [0.05, 0.1) is 0 Å². The third-order valence-electron chi connectivity index (χ3n) is 2.40. The van der Waals surface area contributed by atoms with Gasteiger partial charge in [-0.3, -0.25) is 0 Å². The largest absolute Gasteiger partial charge is 0.327 e. The third kappa shape index (κ3) is 2.69. The summed E-state index contributed by atoms with van der Waals surface area (Å²) in [5, 5.41) is 0. The Bertz CT molecular complexity index is 334. The van der Waals surface area contributed by atoms with Crippen LogP contribution in [0.3, 0.4) is 0 Å². The van der Waals surface area contributed by atoms with E-state index in [1.807, 2.05) is 11.3 Å². The molecule has 2 N–H and O–H groups in total. The van der Waals surface area contributed by atoms with Gasteiger partial charge in [0.1, 0.15) is 0 Å². The van der Waals surface area contributed by atoms with Crippen LogP contribution in [0, 0.1) is 19.8 Å². The zero-order valence-corrected chi connectivity index (χ0v) is 10.2. The van der Waals surface area contributed by atoms with Gasteiger partial charge in [-0.25, -0.2) is 0 Å². The maximum Gasteiger partial charge on any atom is 0.0142 e. The molecule has 14 heavy (non-hydrogen) atoms. The molecule has 0 saturated heterocycles. The number of hydrogen-bond acceptors (Lipinski definition) is 2. The standard InChI is InChI=1S/C12H19NS/c1-8(2)12(7-13)6-11-5-9(3)14-10(11)4/h5-6,8H,7,13H2,1-4H3. The fraction of sp³-hybridized carbons (Fsp3) is 0.500. The summed E-state index contributed by atoms with van der Waals surface area (Å²) in [5.41, 5.74) is 8.37. The van der Waals surface area contributed by atoms with Gasteiger partial charge in [-0.1, -0.05) is 25.5 Å². The molecule has 0 atom stereocenters. The summed E-state index contributed by atoms with van der Waals surface area (Å²) >= 11 is 1.85. The van der Waals surface area contributed by atoms with Gasteiger partial charge < -0.3 is 5.73 Å². The molecule has 1 aromatic heterocycles. The van der Waals surface area contributed by atoms with E-state index in [0.717, 1.165) is 0 Å². The molecule has 0 aromatic carbocycles. The van der Waals surface area contributed by atoms with E-state index >= 15 is 0 Å². The van der Waals surface area contributed by atoms with Crippen LogP contribution in [-0.2, 0) is 0 Å². The van der Waals surface area contributed by atoms with Crippen molar-refractivity contribution in [1.29, 1.82) is 0 Å². The average molecular weight is 209 g/mol. The molecule has 1 heterocycles. The lowest BCUT2D eigenvalue weighted by atomic mass is 10.0. The van der Waals surface area contributed by atoms with E-state index < -0.39 is 0 Å². The average Bonchev–Trinajstić information content (AvgIpc) is 2.40. The van der Waals surface area contributed by atoms with Crippen LogP contribution in [0.2, 0.25) is 0 Å². The minimum absolute atomic E-state index is 0.541. The fourth-order valence-electron chi connectivity index (χ4n) is 1.45. The first-order valence-corrected chi connectivity index (χ1v) is 5.83. The van der Waals surface area contributed by atoms with Crippen LogP contribution in [0.5, 0.6) is 0 Å². The number of thiophene rings is 1. The van der Waals surface area contributed by atoms with E-state index in [-0.39, 0.29) is 0 Å². The second-order valence-electron chi connectivity index (χ2n) is 3.95. The highest BCUT2D eigenvalue weighted by Gasteiger charge is 2.04. The van der Waals surface area contributed by atoms with Crippen LogP contribution >= 0.6 is 11.3 Å². The summed E-state index contributed by atoms with van der Waals surface area (Å²) in [7, 11) is 0. The Labute approximate surface area is 90.6 Å². The molecule has 0 radical (unpaired) electrons. The van der Waals surface area contributed by atoms with Gasteiger partial charge in [-0.05, 0) is 31.4 Å². The Hall–Kier alpha value is -0.600. The van der Waals surface area contributed by atoms with Crippen molar-refractivity contribution in [2.45, 2.75) is 27.7 Å². The van der Waals surface area contributed by atoms with Gasteiger partial charge in [0, 0.05) is 16.3 Å². The topological polar surface area (TPSA) is 26.0 Å². The van der Waals surface area contributed by atoms with E-state index in [1.54, 1.807) is 0 Å². The van der Waals surface area contributed by atoms with E-state index in [0.29, 0.717) is 12.5 Å². The highest BCUT2D eigenvalue weighted by atomic mass is 32.1. The summed E-state index contributed by atoms with van der Waals surface area (Å²) in [6.45, 7) is 9.34. The lowest BCUT2D eigenvalue weighted by Gasteiger charge is -2.08. The second-order valence-corrected chi connectivity index (χ2v) is 5.41. The van der Waals surface area contributed by atoms with Gasteiger partial charge in [0.15, 0.2) is 0 Å². The molecule has 0 saturated carbocycles. The Balaban J connectivity index is 3.00. The van der Waals surface area contributed by atoms with Crippen LogP contribution in [0.25, 0.3) is 6.08 Å². The molecule has 0 fully saturated rings. The van der Waals surface area contributed by atoms with Crippen molar-refractivity contribution in [3.63, 3.8) is 0 Å². The molecule has 0 aliphatic carbocycles. The smallest absolute Gasteiger partial charge is 0.0142 e. The quantitative estimate of drug-likeness (QED) is 0.811. The normalized spacial score (nSPS) is 12.6. The van der Waals surface area contributed by atoms with E-state index in [9.17, 15) is 0 Å². The van der Waals surface area contributed by atoms with Crippen molar-refractivity contribution in [3.05, 3.63) is 27.0 Å². The summed E-state index contributed by atoms with van der Waals surface area (Å²) in [6.07, 6.45) is 2.24. The van der Waals surface area contributed by atoms with E-state index in [4.69, 9.17) is 5.73 Å². The zero-order valence-electron chi connectivity index (χ0n) is 9.42. The molecule has 1 rings (SSSR count). The van der Waals surface area contributed by atoms with Crippen molar-refractivity contribution >= 4 is 17.4 Å². The van der Waals surface area contributed by atoms with E-state index in [2.05, 4.69) is 39.8 Å². The molecule has 78 valence electrons. The van der Waals surface area contributed by atoms with Crippen LogP contribution < -0.4 is 5.73 Å². The lowest BCUT2D eigenvalue weighted by molar-refractivity contribution is 0.752. The van der Waals surface area contributed by atoms with Gasteiger partial charge in [0.2, 0.25) is 0 Å². The summed E-state index contributed by atoms with van der Waals surface area (Å²) in [5.74, 6) is 0.541. The highest BCUT2D eigenvalue weighted by Crippen LogP contribution is 2.24. The predicted molar refractivity (Wildman–Crippen MR) is 65.7 cm³/mol. The number of nitrogens with two attached hydrogens (primary N) is 1. The van der Waals surface area contributed by atoms with Crippen LogP contribution in [-0.4, -0.2) is 6.54 Å². The van der Waals surface area contributed by atoms with Gasteiger partial charge in [0.25, 0.3) is 0 Å². The highest BCUT2D eigenvalue weighted by molar-refractivity contribution is 7.12. The summed E-state index contributed by atoms with van der Waals surface area (Å²) < 4.78 is 0. The number of hydrogen-bond donors (Lipinski definition) is 1. The van der Waals surface area contributed by atoms with Crippen molar-refractivity contribution in [2.75, 3.05) is 6.54 Å². The van der Waals surface area contributed by atoms with Crippen molar-refractivity contribution in [3.8, 4) is 0 Å². The first kappa shape index (κ1) is 11.5. The molecule has 2 heteroatoms. The molecule has 0 amide bonds. The Morgan fingerprint density at radius 2 is 2.14 bits per heavy atom. The third-order valence-corrected chi connectivity index (χ3v) is 3.38. The number of aryl methyl sites for hydroxylation is 2. The van der Waals surface area contributed by atoms with E-state index in [1.165, 1.54) is 20.9 Å². The van der Waals surface area contributed by atoms with Gasteiger partial charge in [-0.15, -0.1) is 11.3 Å². The van der Waals surface area contributed by atoms with Gasteiger partial charge in [-0.2, -0.15) is 0 Å². The van der Waals surface area contributed by atoms with Crippen LogP contribution in [0.1, 0.15) is 29.2 Å². The molecule has 1 nitrogen and oxygen atoms in total. The first-order valence-electron chi connectivity index (χ1n) is 5.02. The maximum absolute atomic E-state index is 5.71. The van der Waals surface area contributed by atoms with Crippen LogP contribution in [0.4, 0.5) is 0 Å². The Kier molecular flexibility index (Phi) is 3.90. The molecule has 0 aliphatic heterocycles. The second kappa shape index (κ2) is 4.76. The minimum Gasteiger partial charge on any atom is -0.327 e. The maximum atomic E-state index is 5.71. The Morgan fingerprint density at radius 3 is 2.50 bits per heavy atom. The van der Waals surface area contributed by atoms with Crippen molar-refractivity contribution in [2.24, 2.45) is 11.7 Å². The number of rotatable bonds is 3. The fourth-order valence-corrected chi connectivity index (χ4v) is 2.36. The monoisotopic (exact) mass is 209 g/mol. The van der Waals surface area contributed by atoms with Crippen LogP contribution in [0.15, 0.2) is 11.6 Å². The molecule has 1 aromatic rings. The zero-order chi connectivity index (χ0) is 10.7. The summed E-state index contributed by atoms with van der Waals surface area (Å²) in [6, 6.07) is 2.23. The predicted octanol–water partition coefficient (Wildman–Crippen LogP) is 3.36. The molecule has 0 bridgehead atoms. The van der Waals surface area contributed by atoms with Crippen molar-refractivity contribution in [1.82, 2.24) is 0 Å². The van der Waals surface area contributed by atoms with Gasteiger partial charge >= 0.3 is 0 Å². The minimum atomic E-state index is 0.541. The molecule has 0 unspecified atom stereocenters. The first-order chi connectivity index (χ1) is 6.54. The summed E-state index contributed by atoms with van der Waals surface area (Å²) in [4.78, 5) is 2.75. The SMILES string of the molecule is Cc1cc(C=C(CN)C(C)C)c(C)s1. The van der Waals surface area contributed by atoms with Crippen molar-refractivity contribution < 1.29 is 0 Å².